The van der Waals surface area contributed by atoms with Crippen molar-refractivity contribution in [3.05, 3.63) is 75.3 Å². The van der Waals surface area contributed by atoms with E-state index in [0.717, 1.165) is 21.0 Å². The highest BCUT2D eigenvalue weighted by Gasteiger charge is 2.21. The van der Waals surface area contributed by atoms with Crippen LogP contribution in [0.1, 0.15) is 5.69 Å². The predicted molar refractivity (Wildman–Crippen MR) is 94.5 cm³/mol. The molecule has 1 N–H and O–H groups in total. The summed E-state index contributed by atoms with van der Waals surface area (Å²) in [5.74, 6) is 0. The molecule has 136 valence electrons. The molecule has 0 aliphatic carbocycles. The summed E-state index contributed by atoms with van der Waals surface area (Å²) in [7, 11) is -1.49. The molecular weight excluding hydrogens is 358 g/mol. The molecule has 0 radical (unpaired) electrons. The molecule has 2 aromatic heterocycles. The van der Waals surface area contributed by atoms with Gasteiger partial charge < -0.3 is 4.57 Å². The van der Waals surface area contributed by atoms with E-state index < -0.39 is 26.2 Å². The minimum atomic E-state index is -4.10. The Morgan fingerprint density at radius 2 is 1.77 bits per heavy atom. The van der Waals surface area contributed by atoms with Crippen LogP contribution < -0.4 is 16.0 Å². The topological polar surface area (TPSA) is 108 Å². The predicted octanol–water partition coefficient (Wildman–Crippen LogP) is -0.252. The molecule has 3 rings (SSSR count). The molecule has 0 aliphatic rings. The molecule has 0 unspecified atom stereocenters. The van der Waals surface area contributed by atoms with Crippen molar-refractivity contribution in [2.45, 2.75) is 11.4 Å². The average Bonchev–Trinajstić information content (AvgIpc) is 3.11. The fourth-order valence-corrected chi connectivity index (χ4v) is 3.54. The van der Waals surface area contributed by atoms with Crippen LogP contribution in [0.15, 0.2) is 63.3 Å². The lowest BCUT2D eigenvalue weighted by Gasteiger charge is -2.08. The van der Waals surface area contributed by atoms with E-state index in [4.69, 9.17) is 0 Å². The van der Waals surface area contributed by atoms with Crippen molar-refractivity contribution in [1.29, 1.82) is 0 Å². The molecule has 10 heteroatoms. The first kappa shape index (κ1) is 17.8. The molecular formula is C16H17N5O4S. The Morgan fingerprint density at radius 3 is 2.46 bits per heavy atom. The lowest BCUT2D eigenvalue weighted by atomic mass is 10.3. The number of hydrogen-bond acceptors (Lipinski definition) is 5. The van der Waals surface area contributed by atoms with Gasteiger partial charge in [0.2, 0.25) is 10.0 Å². The van der Waals surface area contributed by atoms with Crippen molar-refractivity contribution in [1.82, 2.24) is 23.6 Å². The highest BCUT2D eigenvalue weighted by Crippen LogP contribution is 2.08. The Hall–Kier alpha value is -2.98. The lowest BCUT2D eigenvalue weighted by Crippen LogP contribution is -2.41. The van der Waals surface area contributed by atoms with Crippen molar-refractivity contribution < 1.29 is 8.42 Å². The van der Waals surface area contributed by atoms with Crippen LogP contribution in [0, 0.1) is 0 Å². The van der Waals surface area contributed by atoms with Gasteiger partial charge in [0, 0.05) is 26.5 Å². The normalized spacial score (nSPS) is 11.6. The van der Waals surface area contributed by atoms with Crippen LogP contribution in [0.3, 0.4) is 0 Å². The van der Waals surface area contributed by atoms with Crippen molar-refractivity contribution in [2.75, 3.05) is 0 Å². The maximum atomic E-state index is 12.4. The van der Waals surface area contributed by atoms with Gasteiger partial charge in [0.05, 0.1) is 17.9 Å². The van der Waals surface area contributed by atoms with Crippen LogP contribution in [0.2, 0.25) is 0 Å². The second-order valence-electron chi connectivity index (χ2n) is 5.66. The minimum Gasteiger partial charge on any atom is -0.302 e. The Kier molecular flexibility index (Phi) is 4.62. The molecule has 0 fully saturated rings. The van der Waals surface area contributed by atoms with Crippen LogP contribution >= 0.6 is 0 Å². The summed E-state index contributed by atoms with van der Waals surface area (Å²) in [4.78, 5) is 23.3. The Labute approximate surface area is 149 Å². The van der Waals surface area contributed by atoms with E-state index in [9.17, 15) is 18.0 Å². The largest absolute Gasteiger partial charge is 0.330 e. The maximum Gasteiger partial charge on any atom is 0.330 e. The molecule has 0 spiro atoms. The standard InChI is InChI=1S/C16H17N5O4S/c1-19-11-14(15(22)20(2)16(19)23)26(24,25)17-10-12-8-9-21(18-12)13-6-4-3-5-7-13/h3-9,11,17H,10H2,1-2H3. The van der Waals surface area contributed by atoms with Gasteiger partial charge in [-0.2, -0.15) is 5.10 Å². The third-order valence-corrected chi connectivity index (χ3v) is 5.20. The first-order valence-corrected chi connectivity index (χ1v) is 9.14. The monoisotopic (exact) mass is 375 g/mol. The summed E-state index contributed by atoms with van der Waals surface area (Å²) in [6.45, 7) is -0.0891. The second kappa shape index (κ2) is 6.73. The van der Waals surface area contributed by atoms with Crippen LogP contribution in [0.4, 0.5) is 0 Å². The number of nitrogens with zero attached hydrogens (tertiary/aromatic N) is 4. The van der Waals surface area contributed by atoms with E-state index in [1.807, 2.05) is 30.3 Å². The number of aryl methyl sites for hydroxylation is 1. The summed E-state index contributed by atoms with van der Waals surface area (Å²) < 4.78 is 30.6. The summed E-state index contributed by atoms with van der Waals surface area (Å²) >= 11 is 0. The summed E-state index contributed by atoms with van der Waals surface area (Å²) in [6, 6.07) is 11.0. The number of aromatic nitrogens is 4. The van der Waals surface area contributed by atoms with Crippen LogP contribution in [-0.2, 0) is 30.7 Å². The van der Waals surface area contributed by atoms with Gasteiger partial charge in [-0.1, -0.05) is 18.2 Å². The van der Waals surface area contributed by atoms with Gasteiger partial charge in [0.1, 0.15) is 0 Å². The quantitative estimate of drug-likeness (QED) is 0.661. The SMILES string of the molecule is Cn1cc(S(=O)(=O)NCc2ccn(-c3ccccc3)n2)c(=O)n(C)c1=O. The Bertz CT molecular complexity index is 1160. The van der Waals surface area contributed by atoms with Crippen LogP contribution in [0.5, 0.6) is 0 Å². The molecule has 0 saturated heterocycles. The van der Waals surface area contributed by atoms with Gasteiger partial charge in [-0.3, -0.25) is 9.36 Å². The first-order chi connectivity index (χ1) is 12.3. The highest BCUT2D eigenvalue weighted by atomic mass is 32.2. The summed E-state index contributed by atoms with van der Waals surface area (Å²) in [5, 5.41) is 4.30. The third kappa shape index (κ3) is 3.37. The number of rotatable bonds is 5. The number of sulfonamides is 1. The molecule has 1 aromatic carbocycles. The van der Waals surface area contributed by atoms with Crippen molar-refractivity contribution in [3.63, 3.8) is 0 Å². The van der Waals surface area contributed by atoms with E-state index in [1.54, 1.807) is 16.9 Å². The van der Waals surface area contributed by atoms with Crippen molar-refractivity contribution >= 4 is 10.0 Å². The fraction of sp³-hybridized carbons (Fsp3) is 0.188. The van der Waals surface area contributed by atoms with Gasteiger partial charge in [0.15, 0.2) is 4.90 Å². The Balaban J connectivity index is 1.83. The zero-order valence-corrected chi connectivity index (χ0v) is 15.0. The van der Waals surface area contributed by atoms with Crippen molar-refractivity contribution in [3.8, 4) is 5.69 Å². The molecule has 3 aromatic rings. The third-order valence-electron chi connectivity index (χ3n) is 3.81. The zero-order chi connectivity index (χ0) is 18.9. The minimum absolute atomic E-state index is 0.0891. The number of benzene rings is 1. The molecule has 0 atom stereocenters. The van der Waals surface area contributed by atoms with E-state index in [0.29, 0.717) is 5.69 Å². The first-order valence-electron chi connectivity index (χ1n) is 7.66. The Morgan fingerprint density at radius 1 is 1.08 bits per heavy atom. The molecule has 9 nitrogen and oxygen atoms in total. The maximum absolute atomic E-state index is 12.4. The molecule has 0 amide bonds. The van der Waals surface area contributed by atoms with Crippen LogP contribution in [0.25, 0.3) is 5.69 Å². The molecule has 26 heavy (non-hydrogen) atoms. The molecule has 0 aliphatic heterocycles. The van der Waals surface area contributed by atoms with E-state index in [2.05, 4.69) is 9.82 Å². The molecule has 2 heterocycles. The van der Waals surface area contributed by atoms with E-state index >= 15 is 0 Å². The molecule has 0 bridgehead atoms. The number of hydrogen-bond donors (Lipinski definition) is 1. The smallest absolute Gasteiger partial charge is 0.302 e. The summed E-state index contributed by atoms with van der Waals surface area (Å²) in [6.07, 6.45) is 2.72. The van der Waals surface area contributed by atoms with E-state index in [-0.39, 0.29) is 6.54 Å². The van der Waals surface area contributed by atoms with E-state index in [1.165, 1.54) is 14.1 Å². The zero-order valence-electron chi connectivity index (χ0n) is 14.2. The fourth-order valence-electron chi connectivity index (χ4n) is 2.39. The highest BCUT2D eigenvalue weighted by molar-refractivity contribution is 7.89. The van der Waals surface area contributed by atoms with Gasteiger partial charge in [0.25, 0.3) is 5.56 Å². The summed E-state index contributed by atoms with van der Waals surface area (Å²) in [5.41, 5.74) is -0.154. The van der Waals surface area contributed by atoms with Crippen LogP contribution in [-0.4, -0.2) is 27.3 Å². The lowest BCUT2D eigenvalue weighted by molar-refractivity contribution is 0.569. The number of para-hydroxylation sites is 1. The second-order valence-corrected chi connectivity index (χ2v) is 7.40. The van der Waals surface area contributed by atoms with Gasteiger partial charge in [-0.05, 0) is 18.2 Å². The van der Waals surface area contributed by atoms with Crippen molar-refractivity contribution in [2.24, 2.45) is 14.1 Å². The van der Waals surface area contributed by atoms with Gasteiger partial charge in [-0.25, -0.2) is 22.6 Å². The van der Waals surface area contributed by atoms with Gasteiger partial charge in [-0.15, -0.1) is 0 Å². The molecule has 0 saturated carbocycles. The number of nitrogens with one attached hydrogen (secondary N) is 1. The average molecular weight is 375 g/mol. The van der Waals surface area contributed by atoms with Gasteiger partial charge >= 0.3 is 5.69 Å².